The SMILES string of the molecule is CC(C)CN1C(=O)C[C@]2(C(=O)N(C)c3ccc(NS(=O)(=O)C4CCCCC4)cc32)C1c1ccccc1. The Morgan fingerprint density at radius 1 is 1.03 bits per heavy atom. The van der Waals surface area contributed by atoms with E-state index in [1.54, 1.807) is 30.1 Å². The van der Waals surface area contributed by atoms with Crippen molar-refractivity contribution >= 4 is 33.2 Å². The molecule has 2 amide bonds. The third-order valence-corrected chi connectivity index (χ3v) is 9.85. The highest BCUT2D eigenvalue weighted by Crippen LogP contribution is 2.57. The van der Waals surface area contributed by atoms with E-state index in [1.165, 1.54) is 0 Å². The van der Waals surface area contributed by atoms with E-state index in [1.807, 2.05) is 35.2 Å². The molecule has 3 aliphatic rings. The van der Waals surface area contributed by atoms with Crippen LogP contribution in [0.4, 0.5) is 11.4 Å². The lowest BCUT2D eigenvalue weighted by Gasteiger charge is -2.35. The standard InChI is InChI=1S/C28H35N3O4S/c1-19(2)18-31-25(32)17-28(26(31)20-10-6-4-7-11-20)23-16-21(14-15-24(23)30(3)27(28)33)29-36(34,35)22-12-8-5-9-13-22/h4,6-7,10-11,14-16,19,22,26,29H,5,8-9,12-13,17-18H2,1-3H3/t26?,28-/m1/s1. The lowest BCUT2D eigenvalue weighted by atomic mass is 9.72. The van der Waals surface area contributed by atoms with Crippen LogP contribution in [0.2, 0.25) is 0 Å². The third kappa shape index (κ3) is 3.99. The number of nitrogens with one attached hydrogen (secondary N) is 1. The first-order chi connectivity index (χ1) is 17.1. The van der Waals surface area contributed by atoms with Crippen LogP contribution < -0.4 is 9.62 Å². The molecule has 2 aromatic rings. The topological polar surface area (TPSA) is 86.8 Å². The minimum Gasteiger partial charge on any atom is -0.334 e. The number of hydrogen-bond acceptors (Lipinski definition) is 4. The Bertz CT molecular complexity index is 1270. The van der Waals surface area contributed by atoms with Gasteiger partial charge in [-0.25, -0.2) is 8.42 Å². The summed E-state index contributed by atoms with van der Waals surface area (Å²) in [5.74, 6) is 0.0521. The zero-order valence-corrected chi connectivity index (χ0v) is 22.1. The molecule has 1 unspecified atom stereocenters. The molecule has 1 saturated heterocycles. The van der Waals surface area contributed by atoms with Crippen LogP contribution in [0.3, 0.4) is 0 Å². The molecule has 2 aliphatic heterocycles. The average molecular weight is 510 g/mol. The first-order valence-electron chi connectivity index (χ1n) is 12.9. The first kappa shape index (κ1) is 24.8. The molecule has 2 aromatic carbocycles. The number of likely N-dealkylation sites (tertiary alicyclic amines) is 1. The number of rotatable bonds is 6. The number of benzene rings is 2. The van der Waals surface area contributed by atoms with E-state index >= 15 is 0 Å². The highest BCUT2D eigenvalue weighted by atomic mass is 32.2. The van der Waals surface area contributed by atoms with E-state index in [2.05, 4.69) is 18.6 Å². The molecule has 1 saturated carbocycles. The predicted molar refractivity (Wildman–Crippen MR) is 141 cm³/mol. The largest absolute Gasteiger partial charge is 0.334 e. The van der Waals surface area contributed by atoms with Crippen molar-refractivity contribution in [2.45, 2.75) is 69.1 Å². The van der Waals surface area contributed by atoms with Crippen molar-refractivity contribution in [1.82, 2.24) is 4.90 Å². The van der Waals surface area contributed by atoms with Gasteiger partial charge >= 0.3 is 0 Å². The summed E-state index contributed by atoms with van der Waals surface area (Å²) in [5, 5.41) is -0.399. The van der Waals surface area contributed by atoms with Crippen molar-refractivity contribution in [3.8, 4) is 0 Å². The normalized spacial score (nSPS) is 24.7. The molecule has 1 spiro atoms. The second-order valence-electron chi connectivity index (χ2n) is 10.9. The van der Waals surface area contributed by atoms with E-state index in [-0.39, 0.29) is 24.2 Å². The van der Waals surface area contributed by atoms with Gasteiger partial charge in [-0.1, -0.05) is 63.4 Å². The van der Waals surface area contributed by atoms with E-state index in [0.29, 0.717) is 30.6 Å². The Kier molecular flexibility index (Phi) is 6.35. The summed E-state index contributed by atoms with van der Waals surface area (Å²) in [7, 11) is -1.81. The van der Waals surface area contributed by atoms with Gasteiger partial charge in [0.25, 0.3) is 0 Å². The summed E-state index contributed by atoms with van der Waals surface area (Å²) >= 11 is 0. The quantitative estimate of drug-likeness (QED) is 0.616. The number of carbonyl (C=O) groups is 2. The Hall–Kier alpha value is -2.87. The van der Waals surface area contributed by atoms with Crippen molar-refractivity contribution in [3.05, 3.63) is 59.7 Å². The lowest BCUT2D eigenvalue weighted by molar-refractivity contribution is -0.129. The molecule has 2 fully saturated rings. The number of amides is 2. The van der Waals surface area contributed by atoms with Crippen LogP contribution >= 0.6 is 0 Å². The maximum Gasteiger partial charge on any atom is 0.240 e. The molecule has 0 radical (unpaired) electrons. The Balaban J connectivity index is 1.61. The molecule has 7 nitrogen and oxygen atoms in total. The molecule has 0 aromatic heterocycles. The predicted octanol–water partition coefficient (Wildman–Crippen LogP) is 4.60. The summed E-state index contributed by atoms with van der Waals surface area (Å²) in [5.41, 5.74) is 1.69. The van der Waals surface area contributed by atoms with E-state index in [0.717, 1.165) is 30.5 Å². The van der Waals surface area contributed by atoms with Crippen LogP contribution in [0.5, 0.6) is 0 Å². The first-order valence-corrected chi connectivity index (χ1v) is 14.5. The molecule has 2 heterocycles. The summed E-state index contributed by atoms with van der Waals surface area (Å²) in [6.45, 7) is 4.67. The van der Waals surface area contributed by atoms with Gasteiger partial charge in [0.05, 0.1) is 11.3 Å². The van der Waals surface area contributed by atoms with Crippen molar-refractivity contribution in [2.24, 2.45) is 5.92 Å². The lowest BCUT2D eigenvalue weighted by Crippen LogP contribution is -2.44. The number of anilines is 2. The van der Waals surface area contributed by atoms with Crippen molar-refractivity contribution in [1.29, 1.82) is 0 Å². The summed E-state index contributed by atoms with van der Waals surface area (Å²) in [6, 6.07) is 14.6. The fourth-order valence-electron chi connectivity index (χ4n) is 6.38. The van der Waals surface area contributed by atoms with Gasteiger partial charge in [-0.3, -0.25) is 14.3 Å². The van der Waals surface area contributed by atoms with Crippen molar-refractivity contribution in [3.63, 3.8) is 0 Å². The Morgan fingerprint density at radius 3 is 2.39 bits per heavy atom. The van der Waals surface area contributed by atoms with Gasteiger partial charge in [0.2, 0.25) is 21.8 Å². The van der Waals surface area contributed by atoms with Crippen LogP contribution in [-0.4, -0.2) is 44.0 Å². The number of hydrogen-bond donors (Lipinski definition) is 1. The molecule has 5 rings (SSSR count). The van der Waals surface area contributed by atoms with E-state index in [4.69, 9.17) is 0 Å². The molecule has 192 valence electrons. The van der Waals surface area contributed by atoms with Crippen molar-refractivity contribution < 1.29 is 18.0 Å². The number of nitrogens with zero attached hydrogens (tertiary/aromatic N) is 2. The molecule has 1 aliphatic carbocycles. The average Bonchev–Trinajstić information content (AvgIpc) is 3.26. The molecule has 1 N–H and O–H groups in total. The van der Waals surface area contributed by atoms with Gasteiger partial charge < -0.3 is 9.80 Å². The maximum atomic E-state index is 14.0. The molecule has 36 heavy (non-hydrogen) atoms. The van der Waals surface area contributed by atoms with Crippen LogP contribution in [0.1, 0.15) is 69.5 Å². The maximum absolute atomic E-state index is 14.0. The monoisotopic (exact) mass is 509 g/mol. The molecule has 8 heteroatoms. The van der Waals surface area contributed by atoms with Crippen molar-refractivity contribution in [2.75, 3.05) is 23.2 Å². The fraction of sp³-hybridized carbons (Fsp3) is 0.500. The number of carbonyl (C=O) groups excluding carboxylic acids is 2. The minimum atomic E-state index is -3.54. The molecule has 2 atom stereocenters. The van der Waals surface area contributed by atoms with Crippen LogP contribution in [0.25, 0.3) is 0 Å². The van der Waals surface area contributed by atoms with Crippen LogP contribution in [0.15, 0.2) is 48.5 Å². The van der Waals surface area contributed by atoms with Gasteiger partial charge in [0.1, 0.15) is 5.41 Å². The number of sulfonamides is 1. The smallest absolute Gasteiger partial charge is 0.240 e. The van der Waals surface area contributed by atoms with Gasteiger partial charge in [0, 0.05) is 31.4 Å². The highest BCUT2D eigenvalue weighted by Gasteiger charge is 2.63. The zero-order valence-electron chi connectivity index (χ0n) is 21.2. The highest BCUT2D eigenvalue weighted by molar-refractivity contribution is 7.93. The zero-order chi connectivity index (χ0) is 25.7. The summed E-state index contributed by atoms with van der Waals surface area (Å²) < 4.78 is 29.1. The van der Waals surface area contributed by atoms with Crippen LogP contribution in [0, 0.1) is 5.92 Å². The van der Waals surface area contributed by atoms with Gasteiger partial charge in [-0.2, -0.15) is 0 Å². The van der Waals surface area contributed by atoms with E-state index in [9.17, 15) is 18.0 Å². The van der Waals surface area contributed by atoms with Gasteiger partial charge in [-0.15, -0.1) is 0 Å². The van der Waals surface area contributed by atoms with Crippen LogP contribution in [-0.2, 0) is 25.0 Å². The van der Waals surface area contributed by atoms with Gasteiger partial charge in [-0.05, 0) is 48.1 Å². The molecular weight excluding hydrogens is 474 g/mol. The summed E-state index contributed by atoms with van der Waals surface area (Å²) in [4.78, 5) is 30.9. The van der Waals surface area contributed by atoms with Gasteiger partial charge in [0.15, 0.2) is 0 Å². The molecular formula is C28H35N3O4S. The Labute approximate surface area is 213 Å². The third-order valence-electron chi connectivity index (χ3n) is 7.98. The number of fused-ring (bicyclic) bond motifs is 2. The minimum absolute atomic E-state index is 0.0552. The summed E-state index contributed by atoms with van der Waals surface area (Å²) in [6.07, 6.45) is 4.31. The number of likely N-dealkylation sites (N-methyl/N-ethyl adjacent to an activating group) is 1. The van der Waals surface area contributed by atoms with E-state index < -0.39 is 26.7 Å². The second-order valence-corrected chi connectivity index (χ2v) is 12.9. The fourth-order valence-corrected chi connectivity index (χ4v) is 7.95. The molecule has 0 bridgehead atoms. The Morgan fingerprint density at radius 2 is 1.72 bits per heavy atom. The second kappa shape index (κ2) is 9.21.